The van der Waals surface area contributed by atoms with E-state index in [0.29, 0.717) is 30.7 Å². The van der Waals surface area contributed by atoms with Crippen LogP contribution in [0.25, 0.3) is 0 Å². The summed E-state index contributed by atoms with van der Waals surface area (Å²) < 4.78 is 11.0. The van der Waals surface area contributed by atoms with Gasteiger partial charge in [-0.1, -0.05) is 6.07 Å². The number of aromatic nitrogens is 1. The van der Waals surface area contributed by atoms with Gasteiger partial charge >= 0.3 is 0 Å². The third-order valence-electron chi connectivity index (χ3n) is 3.26. The van der Waals surface area contributed by atoms with Gasteiger partial charge in [0, 0.05) is 12.6 Å². The lowest BCUT2D eigenvalue weighted by Crippen LogP contribution is -2.28. The van der Waals surface area contributed by atoms with Crippen LogP contribution in [0.3, 0.4) is 0 Å². The Morgan fingerprint density at radius 1 is 1.25 bits per heavy atom. The molecule has 0 saturated heterocycles. The Bertz CT molecular complexity index is 767. The summed E-state index contributed by atoms with van der Waals surface area (Å²) in [6, 6.07) is 8.54. The van der Waals surface area contributed by atoms with Crippen molar-refractivity contribution in [2.75, 3.05) is 18.5 Å². The molecule has 124 valence electrons. The Balaban J connectivity index is 1.54. The summed E-state index contributed by atoms with van der Waals surface area (Å²) in [5, 5.41) is 16.9. The predicted molar refractivity (Wildman–Crippen MR) is 91.4 cm³/mol. The summed E-state index contributed by atoms with van der Waals surface area (Å²) in [5.74, 6) is 1.89. The van der Waals surface area contributed by atoms with Crippen molar-refractivity contribution >= 4 is 28.8 Å². The average Bonchev–Trinajstić information content (AvgIpc) is 2.60. The Hall–Kier alpha value is -2.94. The highest BCUT2D eigenvalue weighted by atomic mass is 32.1. The summed E-state index contributed by atoms with van der Waals surface area (Å²) >= 11 is 5.19. The molecule has 0 fully saturated rings. The van der Waals surface area contributed by atoms with E-state index >= 15 is 0 Å². The molecule has 0 spiro atoms. The molecular formula is C15H14N4O4S. The third-order valence-corrected chi connectivity index (χ3v) is 3.51. The highest BCUT2D eigenvalue weighted by Gasteiger charge is 2.12. The minimum absolute atomic E-state index is 0.0734. The molecule has 1 aromatic heterocycles. The van der Waals surface area contributed by atoms with Gasteiger partial charge in [-0.25, -0.2) is 4.98 Å². The van der Waals surface area contributed by atoms with Gasteiger partial charge in [-0.15, -0.1) is 0 Å². The Morgan fingerprint density at radius 2 is 2.04 bits per heavy atom. The van der Waals surface area contributed by atoms with Crippen LogP contribution in [0.4, 0.5) is 11.5 Å². The van der Waals surface area contributed by atoms with Gasteiger partial charge in [-0.3, -0.25) is 10.1 Å². The zero-order valence-electron chi connectivity index (χ0n) is 12.5. The molecule has 1 aliphatic heterocycles. The number of benzene rings is 1. The van der Waals surface area contributed by atoms with Crippen LogP contribution in [0.5, 0.6) is 11.5 Å². The van der Waals surface area contributed by atoms with Crippen molar-refractivity contribution in [1.29, 1.82) is 0 Å². The molecule has 1 aliphatic rings. The molecule has 2 N–H and O–H groups in total. The Morgan fingerprint density at radius 3 is 2.75 bits per heavy atom. The van der Waals surface area contributed by atoms with Gasteiger partial charge in [0.2, 0.25) is 0 Å². The topological polar surface area (TPSA) is 98.6 Å². The van der Waals surface area contributed by atoms with E-state index in [-0.39, 0.29) is 5.69 Å². The number of anilines is 1. The van der Waals surface area contributed by atoms with Crippen molar-refractivity contribution in [2.45, 2.75) is 6.54 Å². The summed E-state index contributed by atoms with van der Waals surface area (Å²) in [4.78, 5) is 14.0. The zero-order valence-corrected chi connectivity index (χ0v) is 13.3. The molecule has 0 unspecified atom stereocenters. The van der Waals surface area contributed by atoms with Crippen LogP contribution in [-0.2, 0) is 6.54 Å². The van der Waals surface area contributed by atoms with E-state index in [1.807, 2.05) is 18.2 Å². The smallest absolute Gasteiger partial charge is 0.287 e. The fourth-order valence-corrected chi connectivity index (χ4v) is 2.29. The van der Waals surface area contributed by atoms with Crippen LogP contribution in [-0.4, -0.2) is 28.2 Å². The molecule has 0 atom stereocenters. The fourth-order valence-electron chi connectivity index (χ4n) is 2.11. The van der Waals surface area contributed by atoms with Gasteiger partial charge in [0.15, 0.2) is 16.6 Å². The quantitative estimate of drug-likeness (QED) is 0.494. The van der Waals surface area contributed by atoms with Gasteiger partial charge in [0.25, 0.3) is 5.69 Å². The molecule has 9 heteroatoms. The molecule has 8 nitrogen and oxygen atoms in total. The first-order chi connectivity index (χ1) is 11.6. The lowest BCUT2D eigenvalue weighted by molar-refractivity contribution is -0.385. The second-order valence-electron chi connectivity index (χ2n) is 4.94. The van der Waals surface area contributed by atoms with Crippen LogP contribution >= 0.6 is 12.2 Å². The summed E-state index contributed by atoms with van der Waals surface area (Å²) in [5.41, 5.74) is 0.913. The first kappa shape index (κ1) is 15.9. The molecule has 2 aromatic rings. The Kier molecular flexibility index (Phi) is 4.71. The van der Waals surface area contributed by atoms with Crippen molar-refractivity contribution in [2.24, 2.45) is 0 Å². The Labute approximate surface area is 143 Å². The largest absolute Gasteiger partial charge is 0.486 e. The molecule has 0 aliphatic carbocycles. The van der Waals surface area contributed by atoms with E-state index in [9.17, 15) is 10.1 Å². The fraction of sp³-hybridized carbons (Fsp3) is 0.200. The van der Waals surface area contributed by atoms with Crippen LogP contribution < -0.4 is 20.1 Å². The number of pyridine rings is 1. The number of rotatable bonds is 4. The van der Waals surface area contributed by atoms with Gasteiger partial charge < -0.3 is 20.1 Å². The van der Waals surface area contributed by atoms with Crippen LogP contribution in [0.1, 0.15) is 5.56 Å². The van der Waals surface area contributed by atoms with Gasteiger partial charge in [0.1, 0.15) is 25.2 Å². The molecule has 0 saturated carbocycles. The summed E-state index contributed by atoms with van der Waals surface area (Å²) in [6.45, 7) is 1.59. The highest BCUT2D eigenvalue weighted by Crippen LogP contribution is 2.30. The van der Waals surface area contributed by atoms with E-state index in [1.165, 1.54) is 18.3 Å². The molecule has 3 rings (SSSR count). The van der Waals surface area contributed by atoms with E-state index in [1.54, 1.807) is 0 Å². The number of hydrogen-bond acceptors (Lipinski definition) is 6. The first-order valence-corrected chi connectivity index (χ1v) is 7.56. The molecule has 24 heavy (non-hydrogen) atoms. The predicted octanol–water partition coefficient (Wildman–Crippen LogP) is 2.25. The van der Waals surface area contributed by atoms with Crippen molar-refractivity contribution < 1.29 is 14.4 Å². The van der Waals surface area contributed by atoms with Gasteiger partial charge in [-0.05, 0) is 36.0 Å². The number of thiocarbonyl (C=S) groups is 1. The van der Waals surface area contributed by atoms with E-state index in [4.69, 9.17) is 21.7 Å². The second kappa shape index (κ2) is 7.09. The van der Waals surface area contributed by atoms with Gasteiger partial charge in [-0.2, -0.15) is 0 Å². The maximum atomic E-state index is 10.6. The molecule has 0 radical (unpaired) electrons. The number of fused-ring (bicyclic) bond motifs is 1. The van der Waals surface area contributed by atoms with Crippen molar-refractivity contribution in [1.82, 2.24) is 10.3 Å². The normalized spacial score (nSPS) is 12.3. The van der Waals surface area contributed by atoms with Crippen LogP contribution in [0, 0.1) is 10.1 Å². The van der Waals surface area contributed by atoms with Crippen LogP contribution in [0.2, 0.25) is 0 Å². The minimum atomic E-state index is -0.505. The maximum absolute atomic E-state index is 10.6. The molecule has 1 aromatic carbocycles. The maximum Gasteiger partial charge on any atom is 0.287 e. The van der Waals surface area contributed by atoms with E-state index in [2.05, 4.69) is 15.6 Å². The van der Waals surface area contributed by atoms with Crippen molar-refractivity contribution in [3.63, 3.8) is 0 Å². The zero-order chi connectivity index (χ0) is 16.9. The van der Waals surface area contributed by atoms with Crippen LogP contribution in [0.15, 0.2) is 36.5 Å². The lowest BCUT2D eigenvalue weighted by atomic mass is 10.2. The second-order valence-corrected chi connectivity index (χ2v) is 5.35. The summed E-state index contributed by atoms with van der Waals surface area (Å²) in [6.07, 6.45) is 1.17. The minimum Gasteiger partial charge on any atom is -0.486 e. The molecular weight excluding hydrogens is 332 g/mol. The van der Waals surface area contributed by atoms with E-state index in [0.717, 1.165) is 17.1 Å². The van der Waals surface area contributed by atoms with Crippen molar-refractivity contribution in [3.8, 4) is 11.5 Å². The van der Waals surface area contributed by atoms with Crippen molar-refractivity contribution in [3.05, 3.63) is 52.2 Å². The number of nitro groups is 1. The highest BCUT2D eigenvalue weighted by molar-refractivity contribution is 7.80. The number of nitrogens with zero attached hydrogens (tertiary/aromatic N) is 2. The number of nitrogens with one attached hydrogen (secondary N) is 2. The first-order valence-electron chi connectivity index (χ1n) is 7.15. The summed E-state index contributed by atoms with van der Waals surface area (Å²) in [7, 11) is 0. The van der Waals surface area contributed by atoms with E-state index < -0.39 is 4.92 Å². The SMILES string of the molecule is O=[N+]([O-])c1ccc(NC(=S)NCc2ccc3c(c2)OCCO3)nc1. The average molecular weight is 346 g/mol. The third kappa shape index (κ3) is 3.87. The number of ether oxygens (including phenoxy) is 2. The lowest BCUT2D eigenvalue weighted by Gasteiger charge is -2.19. The van der Waals surface area contributed by atoms with Gasteiger partial charge in [0.05, 0.1) is 4.92 Å². The molecule has 0 amide bonds. The monoisotopic (exact) mass is 346 g/mol. The molecule has 2 heterocycles. The number of hydrogen-bond donors (Lipinski definition) is 2. The molecule has 0 bridgehead atoms. The standard InChI is InChI=1S/C15H14N4O4S/c20-19(21)11-2-4-14(16-9-11)18-15(24)17-8-10-1-3-12-13(7-10)23-6-5-22-12/h1-4,7,9H,5-6,8H2,(H2,16,17,18,24).